The Balaban J connectivity index is 1.53. The molecule has 3 aliphatic heterocycles. The molecule has 1 amide bonds. The molecule has 5 nitrogen and oxygen atoms in total. The molecule has 3 saturated heterocycles. The van der Waals surface area contributed by atoms with Gasteiger partial charge in [-0.2, -0.15) is 0 Å². The Bertz CT molecular complexity index is 690. The van der Waals surface area contributed by atoms with Gasteiger partial charge in [0.25, 0.3) is 5.91 Å². The van der Waals surface area contributed by atoms with Crippen LogP contribution in [0.4, 0.5) is 5.13 Å². The van der Waals surface area contributed by atoms with Crippen molar-refractivity contribution in [2.75, 3.05) is 25.4 Å². The largest absolute Gasteiger partial charge is 0.375 e. The molecule has 1 atom stereocenters. The second-order valence-corrected chi connectivity index (χ2v) is 7.01. The summed E-state index contributed by atoms with van der Waals surface area (Å²) in [6.45, 7) is 3.36. The highest BCUT2D eigenvalue weighted by atomic mass is 32.1. The molecular formula is C15H18N4OS. The highest BCUT2D eigenvalue weighted by Gasteiger charge is 2.34. The number of aromatic nitrogens is 1. The lowest BCUT2D eigenvalue weighted by Crippen LogP contribution is -2.57. The number of nitrogens with zero attached hydrogens (tertiary/aromatic N) is 2. The predicted molar refractivity (Wildman–Crippen MR) is 84.5 cm³/mol. The molecule has 110 valence electrons. The van der Waals surface area contributed by atoms with Gasteiger partial charge < -0.3 is 16.0 Å². The molecule has 3 fully saturated rings. The molecule has 0 spiro atoms. The maximum atomic E-state index is 12.5. The van der Waals surface area contributed by atoms with Gasteiger partial charge in [-0.3, -0.25) is 4.79 Å². The summed E-state index contributed by atoms with van der Waals surface area (Å²) in [7, 11) is 0. The molecular weight excluding hydrogens is 284 g/mol. The van der Waals surface area contributed by atoms with Gasteiger partial charge in [0.2, 0.25) is 0 Å². The Morgan fingerprint density at radius 2 is 2.19 bits per heavy atom. The van der Waals surface area contributed by atoms with E-state index in [4.69, 9.17) is 5.73 Å². The molecule has 2 aromatic rings. The van der Waals surface area contributed by atoms with Crippen molar-refractivity contribution >= 4 is 32.6 Å². The molecule has 3 aliphatic rings. The van der Waals surface area contributed by atoms with E-state index in [1.807, 2.05) is 18.2 Å². The van der Waals surface area contributed by atoms with Gasteiger partial charge in [-0.05, 0) is 50.0 Å². The predicted octanol–water partition coefficient (Wildman–Crippen LogP) is 1.70. The number of nitrogens with two attached hydrogens (primary N) is 1. The molecule has 1 aromatic carbocycles. The first-order valence-electron chi connectivity index (χ1n) is 7.38. The Labute approximate surface area is 127 Å². The van der Waals surface area contributed by atoms with Gasteiger partial charge in [0.15, 0.2) is 5.13 Å². The Morgan fingerprint density at radius 1 is 1.38 bits per heavy atom. The minimum absolute atomic E-state index is 0.0163. The third kappa shape index (κ3) is 2.38. The summed E-state index contributed by atoms with van der Waals surface area (Å²) in [5.41, 5.74) is 7.26. The molecule has 1 aromatic heterocycles. The molecule has 5 rings (SSSR count). The minimum Gasteiger partial charge on any atom is -0.375 e. The van der Waals surface area contributed by atoms with Crippen molar-refractivity contribution in [1.29, 1.82) is 0 Å². The van der Waals surface area contributed by atoms with Gasteiger partial charge in [-0.1, -0.05) is 11.3 Å². The average molecular weight is 302 g/mol. The first-order valence-corrected chi connectivity index (χ1v) is 8.20. The number of amides is 1. The van der Waals surface area contributed by atoms with Crippen molar-refractivity contribution in [3.63, 3.8) is 0 Å². The Hall–Kier alpha value is -1.66. The molecule has 3 N–H and O–H groups in total. The third-order valence-electron chi connectivity index (χ3n) is 4.64. The minimum atomic E-state index is 0.0163. The fourth-order valence-electron chi connectivity index (χ4n) is 3.46. The van der Waals surface area contributed by atoms with Gasteiger partial charge in [0, 0.05) is 18.2 Å². The number of hydrogen-bond acceptors (Lipinski definition) is 5. The lowest BCUT2D eigenvalue weighted by Gasteiger charge is -2.44. The monoisotopic (exact) mass is 302 g/mol. The van der Waals surface area contributed by atoms with E-state index >= 15 is 0 Å². The summed E-state index contributed by atoms with van der Waals surface area (Å²) >= 11 is 1.42. The fourth-order valence-corrected chi connectivity index (χ4v) is 4.24. The number of carbonyl (C=O) groups is 1. The number of thiazole rings is 1. The quantitative estimate of drug-likeness (QED) is 0.886. The van der Waals surface area contributed by atoms with E-state index in [0.29, 0.717) is 22.7 Å². The number of piperidine rings is 3. The molecule has 0 radical (unpaired) electrons. The fraction of sp³-hybridized carbons (Fsp3) is 0.467. The van der Waals surface area contributed by atoms with Crippen molar-refractivity contribution in [3.8, 4) is 0 Å². The number of carbonyl (C=O) groups excluding carboxylic acids is 1. The smallest absolute Gasteiger partial charge is 0.251 e. The second-order valence-electron chi connectivity index (χ2n) is 5.95. The first-order chi connectivity index (χ1) is 10.2. The van der Waals surface area contributed by atoms with E-state index in [-0.39, 0.29) is 5.91 Å². The summed E-state index contributed by atoms with van der Waals surface area (Å²) in [4.78, 5) is 19.1. The topological polar surface area (TPSA) is 71.2 Å². The van der Waals surface area contributed by atoms with E-state index in [0.717, 1.165) is 16.8 Å². The van der Waals surface area contributed by atoms with Crippen molar-refractivity contribution in [1.82, 2.24) is 15.2 Å². The molecule has 0 saturated carbocycles. The van der Waals surface area contributed by atoms with Crippen molar-refractivity contribution in [3.05, 3.63) is 23.8 Å². The summed E-state index contributed by atoms with van der Waals surface area (Å²) in [6, 6.07) is 5.88. The van der Waals surface area contributed by atoms with Crippen LogP contribution in [0.5, 0.6) is 0 Å². The van der Waals surface area contributed by atoms with Crippen LogP contribution in [0.25, 0.3) is 10.2 Å². The summed E-state index contributed by atoms with van der Waals surface area (Å²) < 4.78 is 0.967. The highest BCUT2D eigenvalue weighted by Crippen LogP contribution is 2.28. The summed E-state index contributed by atoms with van der Waals surface area (Å²) in [6.07, 6.45) is 2.41. The van der Waals surface area contributed by atoms with E-state index in [1.165, 1.54) is 37.3 Å². The van der Waals surface area contributed by atoms with Crippen LogP contribution in [0, 0.1) is 5.92 Å². The molecule has 4 heterocycles. The van der Waals surface area contributed by atoms with Gasteiger partial charge in [0.05, 0.1) is 10.2 Å². The SMILES string of the molecule is Nc1nc2ccc(C(=O)NC3CN4CCC3CC4)cc2s1. The van der Waals surface area contributed by atoms with Crippen LogP contribution in [0.1, 0.15) is 23.2 Å². The van der Waals surface area contributed by atoms with Crippen molar-refractivity contribution in [2.45, 2.75) is 18.9 Å². The number of nitrogens with one attached hydrogen (secondary N) is 1. The van der Waals surface area contributed by atoms with Crippen LogP contribution < -0.4 is 11.1 Å². The van der Waals surface area contributed by atoms with E-state index in [9.17, 15) is 4.79 Å². The number of benzene rings is 1. The molecule has 21 heavy (non-hydrogen) atoms. The Kier molecular flexibility index (Phi) is 3.08. The van der Waals surface area contributed by atoms with Gasteiger partial charge in [-0.25, -0.2) is 4.98 Å². The van der Waals surface area contributed by atoms with Gasteiger partial charge >= 0.3 is 0 Å². The second kappa shape index (κ2) is 4.96. The van der Waals surface area contributed by atoms with Crippen molar-refractivity contribution in [2.24, 2.45) is 5.92 Å². The standard InChI is InChI=1S/C15H18N4OS/c16-15-18-11-2-1-10(7-13(11)21-15)14(20)17-12-8-19-5-3-9(12)4-6-19/h1-2,7,9,12H,3-6,8H2,(H2,16,18)(H,17,20). The van der Waals surface area contributed by atoms with E-state index in [2.05, 4.69) is 15.2 Å². The van der Waals surface area contributed by atoms with Gasteiger partial charge in [-0.15, -0.1) is 0 Å². The number of hydrogen-bond donors (Lipinski definition) is 2. The third-order valence-corrected chi connectivity index (χ3v) is 5.49. The summed E-state index contributed by atoms with van der Waals surface area (Å²) in [5, 5.41) is 3.75. The lowest BCUT2D eigenvalue weighted by atomic mass is 9.84. The number of fused-ring (bicyclic) bond motifs is 4. The lowest BCUT2D eigenvalue weighted by molar-refractivity contribution is 0.0620. The highest BCUT2D eigenvalue weighted by molar-refractivity contribution is 7.22. The average Bonchev–Trinajstić information content (AvgIpc) is 2.87. The number of nitrogen functional groups attached to an aromatic ring is 1. The molecule has 0 aliphatic carbocycles. The van der Waals surface area contributed by atoms with Crippen LogP contribution in [0.3, 0.4) is 0 Å². The normalized spacial score (nSPS) is 27.9. The number of rotatable bonds is 2. The van der Waals surface area contributed by atoms with E-state index in [1.54, 1.807) is 0 Å². The van der Waals surface area contributed by atoms with E-state index < -0.39 is 0 Å². The number of anilines is 1. The zero-order valence-corrected chi connectivity index (χ0v) is 12.5. The zero-order chi connectivity index (χ0) is 14.4. The maximum Gasteiger partial charge on any atom is 0.251 e. The van der Waals surface area contributed by atoms with Crippen LogP contribution in [0.2, 0.25) is 0 Å². The maximum absolute atomic E-state index is 12.5. The summed E-state index contributed by atoms with van der Waals surface area (Å²) in [5.74, 6) is 0.657. The molecule has 2 bridgehead atoms. The van der Waals surface area contributed by atoms with Crippen LogP contribution in [-0.2, 0) is 0 Å². The van der Waals surface area contributed by atoms with Crippen LogP contribution in [0.15, 0.2) is 18.2 Å². The van der Waals surface area contributed by atoms with Gasteiger partial charge in [0.1, 0.15) is 0 Å². The zero-order valence-electron chi connectivity index (χ0n) is 11.7. The first kappa shape index (κ1) is 13.0. The molecule has 6 heteroatoms. The van der Waals surface area contributed by atoms with Crippen LogP contribution >= 0.6 is 11.3 Å². The Morgan fingerprint density at radius 3 is 2.90 bits per heavy atom. The van der Waals surface area contributed by atoms with Crippen LogP contribution in [-0.4, -0.2) is 41.5 Å². The molecule has 1 unspecified atom stereocenters. The van der Waals surface area contributed by atoms with Crippen molar-refractivity contribution < 1.29 is 4.79 Å².